The van der Waals surface area contributed by atoms with Crippen molar-refractivity contribution in [1.29, 1.82) is 0 Å². The SMILES string of the molecule is CCC/C=C\C/C=C\C/C=C\CCCCCCCC(=O)OC(COC(=O)CCCCCCCCCCCCCC)COP(=O)([O-])OCC[N+](C)(C)C. The molecule has 0 aromatic rings. The third-order valence-electron chi connectivity index (χ3n) is 8.64. The highest BCUT2D eigenvalue weighted by Gasteiger charge is 2.21. The summed E-state index contributed by atoms with van der Waals surface area (Å²) in [5.74, 6) is -0.853. The summed E-state index contributed by atoms with van der Waals surface area (Å²) in [5, 5.41) is 0. The molecule has 0 heterocycles. The fourth-order valence-electron chi connectivity index (χ4n) is 5.37. The molecule has 0 bridgehead atoms. The summed E-state index contributed by atoms with van der Waals surface area (Å²) in [7, 11) is 1.15. The molecule has 0 aliphatic heterocycles. The minimum absolute atomic E-state index is 0.0341. The molecule has 0 aliphatic rings. The Hall–Kier alpha value is -1.77. The molecule has 2 atom stereocenters. The molecule has 0 amide bonds. The summed E-state index contributed by atoms with van der Waals surface area (Å²) in [6.45, 7) is 4.13. The molecule has 0 aromatic carbocycles. The Morgan fingerprint density at radius 2 is 1.08 bits per heavy atom. The molecule has 9 nitrogen and oxygen atoms in total. The summed E-state index contributed by atoms with van der Waals surface area (Å²) < 4.78 is 33.8. The monoisotopic (exact) mass is 756 g/mol. The molecule has 304 valence electrons. The summed E-state index contributed by atoms with van der Waals surface area (Å²) in [4.78, 5) is 37.4. The average molecular weight is 756 g/mol. The van der Waals surface area contributed by atoms with Gasteiger partial charge in [0, 0.05) is 12.8 Å². The van der Waals surface area contributed by atoms with Gasteiger partial charge in [0.1, 0.15) is 19.8 Å². The first-order chi connectivity index (χ1) is 25.0. The molecule has 0 aromatic heterocycles. The van der Waals surface area contributed by atoms with Gasteiger partial charge in [0.15, 0.2) is 6.10 Å². The number of rotatable bonds is 37. The van der Waals surface area contributed by atoms with Gasteiger partial charge >= 0.3 is 11.9 Å². The molecule has 0 N–H and O–H groups in total. The van der Waals surface area contributed by atoms with Gasteiger partial charge in [-0.05, 0) is 44.9 Å². The molecule has 0 rings (SSSR count). The van der Waals surface area contributed by atoms with Crippen LogP contribution in [0, 0.1) is 0 Å². The van der Waals surface area contributed by atoms with Crippen molar-refractivity contribution in [2.75, 3.05) is 47.5 Å². The van der Waals surface area contributed by atoms with Crippen LogP contribution >= 0.6 is 7.82 Å². The molecule has 0 aliphatic carbocycles. The molecular weight excluding hydrogens is 677 g/mol. The lowest BCUT2D eigenvalue weighted by Gasteiger charge is -2.28. The predicted octanol–water partition coefficient (Wildman–Crippen LogP) is 10.7. The van der Waals surface area contributed by atoms with E-state index in [-0.39, 0.29) is 32.0 Å². The second kappa shape index (κ2) is 35.0. The standard InChI is InChI=1S/C42H78NO8P/c1-6-8-10-12-14-16-18-20-21-22-23-25-27-29-31-33-35-42(45)51-40(39-50-52(46,47)49-37-36-43(3,4)5)38-48-41(44)34-32-30-28-26-24-19-17-15-13-11-9-7-2/h10,12,16,18,21-22,40H,6-9,11,13-15,17,19-20,23-39H2,1-5H3/b12-10-,18-16-,22-21-. The van der Waals surface area contributed by atoms with Crippen molar-refractivity contribution in [3.05, 3.63) is 36.5 Å². The van der Waals surface area contributed by atoms with Crippen LogP contribution in [0.4, 0.5) is 0 Å². The summed E-state index contributed by atoms with van der Waals surface area (Å²) in [6, 6.07) is 0. The molecule has 0 spiro atoms. The van der Waals surface area contributed by atoms with E-state index in [1.165, 1.54) is 64.2 Å². The zero-order chi connectivity index (χ0) is 38.6. The zero-order valence-electron chi connectivity index (χ0n) is 34.0. The molecule has 10 heteroatoms. The first-order valence-corrected chi connectivity index (χ1v) is 22.2. The Morgan fingerprint density at radius 3 is 1.62 bits per heavy atom. The molecule has 52 heavy (non-hydrogen) atoms. The van der Waals surface area contributed by atoms with Crippen LogP contribution in [0.1, 0.15) is 168 Å². The number of allylic oxidation sites excluding steroid dienone is 6. The van der Waals surface area contributed by atoms with Gasteiger partial charge in [-0.15, -0.1) is 0 Å². The minimum atomic E-state index is -4.62. The number of ether oxygens (including phenoxy) is 2. The topological polar surface area (TPSA) is 111 Å². The normalized spacial score (nSPS) is 14.0. The van der Waals surface area contributed by atoms with Crippen molar-refractivity contribution in [3.8, 4) is 0 Å². The Morgan fingerprint density at radius 1 is 0.596 bits per heavy atom. The van der Waals surface area contributed by atoms with E-state index in [4.69, 9.17) is 18.5 Å². The van der Waals surface area contributed by atoms with E-state index in [0.717, 1.165) is 70.6 Å². The Bertz CT molecular complexity index is 991. The van der Waals surface area contributed by atoms with Crippen molar-refractivity contribution in [2.45, 2.75) is 174 Å². The van der Waals surface area contributed by atoms with Gasteiger partial charge < -0.3 is 27.9 Å². The van der Waals surface area contributed by atoms with Crippen LogP contribution in [0.2, 0.25) is 0 Å². The van der Waals surface area contributed by atoms with Crippen LogP contribution in [-0.2, 0) is 32.7 Å². The van der Waals surface area contributed by atoms with Crippen molar-refractivity contribution in [1.82, 2.24) is 0 Å². The van der Waals surface area contributed by atoms with Crippen LogP contribution in [0.3, 0.4) is 0 Å². The largest absolute Gasteiger partial charge is 0.756 e. The van der Waals surface area contributed by atoms with E-state index >= 15 is 0 Å². The van der Waals surface area contributed by atoms with E-state index in [0.29, 0.717) is 17.4 Å². The van der Waals surface area contributed by atoms with Gasteiger partial charge in [-0.25, -0.2) is 0 Å². The summed E-state index contributed by atoms with van der Waals surface area (Å²) >= 11 is 0. The van der Waals surface area contributed by atoms with Gasteiger partial charge in [0.2, 0.25) is 0 Å². The van der Waals surface area contributed by atoms with E-state index in [1.54, 1.807) is 0 Å². The summed E-state index contributed by atoms with van der Waals surface area (Å²) in [6.07, 6.45) is 37.3. The van der Waals surface area contributed by atoms with Crippen LogP contribution in [0.25, 0.3) is 0 Å². The first-order valence-electron chi connectivity index (χ1n) is 20.7. The lowest BCUT2D eigenvalue weighted by molar-refractivity contribution is -0.870. The van der Waals surface area contributed by atoms with Gasteiger partial charge in [0.25, 0.3) is 7.82 Å². The fourth-order valence-corrected chi connectivity index (χ4v) is 6.10. The first kappa shape index (κ1) is 50.2. The second-order valence-electron chi connectivity index (χ2n) is 15.0. The molecule has 0 saturated carbocycles. The van der Waals surface area contributed by atoms with Crippen LogP contribution in [0.5, 0.6) is 0 Å². The molecule has 0 radical (unpaired) electrons. The Kier molecular flexibility index (Phi) is 33.8. The number of hydrogen-bond donors (Lipinski definition) is 0. The fraction of sp³-hybridized carbons (Fsp3) is 0.810. The van der Waals surface area contributed by atoms with Crippen LogP contribution in [-0.4, -0.2) is 70.0 Å². The number of nitrogens with zero attached hydrogens (tertiary/aromatic N) is 1. The maximum atomic E-state index is 12.6. The highest BCUT2D eigenvalue weighted by Crippen LogP contribution is 2.38. The maximum Gasteiger partial charge on any atom is 0.306 e. The molecular formula is C42H78NO8P. The van der Waals surface area contributed by atoms with Crippen molar-refractivity contribution < 1.29 is 42.1 Å². The average Bonchev–Trinajstić information content (AvgIpc) is 3.09. The highest BCUT2D eigenvalue weighted by atomic mass is 31.2. The maximum absolute atomic E-state index is 12.6. The molecule has 0 saturated heterocycles. The predicted molar refractivity (Wildman–Crippen MR) is 213 cm³/mol. The number of phosphoric ester groups is 1. The van der Waals surface area contributed by atoms with E-state index in [9.17, 15) is 19.0 Å². The Balaban J connectivity index is 4.43. The number of unbranched alkanes of at least 4 members (excludes halogenated alkanes) is 17. The smallest absolute Gasteiger partial charge is 0.306 e. The third-order valence-corrected chi connectivity index (χ3v) is 9.61. The van der Waals surface area contributed by atoms with E-state index in [2.05, 4.69) is 50.3 Å². The Labute approximate surface area is 319 Å². The van der Waals surface area contributed by atoms with Gasteiger partial charge in [-0.2, -0.15) is 0 Å². The number of quaternary nitrogens is 1. The number of hydrogen-bond acceptors (Lipinski definition) is 8. The minimum Gasteiger partial charge on any atom is -0.756 e. The lowest BCUT2D eigenvalue weighted by Crippen LogP contribution is -2.37. The number of carbonyl (C=O) groups is 2. The quantitative estimate of drug-likeness (QED) is 0.0203. The van der Waals surface area contributed by atoms with Crippen molar-refractivity contribution in [2.24, 2.45) is 0 Å². The van der Waals surface area contributed by atoms with Gasteiger partial charge in [0.05, 0.1) is 27.7 Å². The number of phosphoric acid groups is 1. The van der Waals surface area contributed by atoms with Crippen LogP contribution in [0.15, 0.2) is 36.5 Å². The molecule has 2 unspecified atom stereocenters. The summed E-state index contributed by atoms with van der Waals surface area (Å²) in [5.41, 5.74) is 0. The third kappa shape index (κ3) is 38.0. The second-order valence-corrected chi connectivity index (χ2v) is 16.4. The van der Waals surface area contributed by atoms with Crippen molar-refractivity contribution >= 4 is 19.8 Å². The highest BCUT2D eigenvalue weighted by molar-refractivity contribution is 7.45. The number of carbonyl (C=O) groups excluding carboxylic acids is 2. The lowest BCUT2D eigenvalue weighted by atomic mass is 10.0. The van der Waals surface area contributed by atoms with Crippen molar-refractivity contribution in [3.63, 3.8) is 0 Å². The van der Waals surface area contributed by atoms with Crippen LogP contribution < -0.4 is 4.89 Å². The van der Waals surface area contributed by atoms with Gasteiger partial charge in [-0.3, -0.25) is 14.2 Å². The van der Waals surface area contributed by atoms with E-state index < -0.39 is 26.5 Å². The van der Waals surface area contributed by atoms with E-state index in [1.807, 2.05) is 21.1 Å². The van der Waals surface area contributed by atoms with Gasteiger partial charge in [-0.1, -0.05) is 147 Å². The molecule has 0 fully saturated rings. The zero-order valence-corrected chi connectivity index (χ0v) is 34.9. The number of likely N-dealkylation sites (N-methyl/N-ethyl adjacent to an activating group) is 1. The number of esters is 2.